The number of para-hydroxylation sites is 5. The van der Waals surface area contributed by atoms with Gasteiger partial charge in [-0.2, -0.15) is 38.7 Å². The fraction of sp³-hybridized carbons (Fsp3) is 0.0288. The first-order valence-corrected chi connectivity index (χ1v) is 41.8. The van der Waals surface area contributed by atoms with Crippen LogP contribution in [0.15, 0.2) is 418 Å². The van der Waals surface area contributed by atoms with Gasteiger partial charge in [-0.3, -0.25) is 33.6 Å². The molecule has 131 heavy (non-hydrogen) atoms. The summed E-state index contributed by atoms with van der Waals surface area (Å²) < 4.78 is 64.5. The van der Waals surface area contributed by atoms with Gasteiger partial charge in [0.15, 0.2) is 0 Å². The topological polar surface area (TPSA) is 257 Å². The number of hydrogen-bond donors (Lipinski definition) is 5. The molecule has 27 heteroatoms. The van der Waals surface area contributed by atoms with Gasteiger partial charge in [0.1, 0.15) is 52.0 Å². The molecule has 0 atom stereocenters. The van der Waals surface area contributed by atoms with Crippen LogP contribution in [0.5, 0.6) is 5.75 Å². The first-order valence-electron chi connectivity index (χ1n) is 40.9. The number of carbonyl (C=O) groups is 5. The van der Waals surface area contributed by atoms with Gasteiger partial charge in [-0.05, 0) is 145 Å². The zero-order valence-corrected chi connectivity index (χ0v) is 70.9. The minimum absolute atomic E-state index is 0.141. The molecular weight excluding hydrogens is 1680 g/mol. The summed E-state index contributed by atoms with van der Waals surface area (Å²) in [6.45, 7) is 0. The van der Waals surface area contributed by atoms with Gasteiger partial charge in [0.25, 0.3) is 29.5 Å². The van der Waals surface area contributed by atoms with Crippen molar-refractivity contribution in [3.8, 4) is 84.1 Å². The van der Waals surface area contributed by atoms with Crippen molar-refractivity contribution in [3.63, 3.8) is 0 Å². The van der Waals surface area contributed by atoms with Gasteiger partial charge >= 0.3 is 6.18 Å². The lowest BCUT2D eigenvalue weighted by Crippen LogP contribution is -2.16. The normalized spacial score (nSPS) is 10.7. The Morgan fingerprint density at radius 1 is 0.321 bits per heavy atom. The maximum Gasteiger partial charge on any atom is 0.416 e. The van der Waals surface area contributed by atoms with E-state index in [1.807, 2.05) is 309 Å². The van der Waals surface area contributed by atoms with Gasteiger partial charge in [-0.25, -0.2) is 23.1 Å². The summed E-state index contributed by atoms with van der Waals surface area (Å²) in [7, 11) is 3.23. The molecular formula is C104H80F4N16O6S. The van der Waals surface area contributed by atoms with Crippen molar-refractivity contribution in [2.24, 2.45) is 7.05 Å². The van der Waals surface area contributed by atoms with E-state index in [1.54, 1.807) is 93.7 Å². The molecule has 0 unspecified atom stereocenters. The molecule has 0 aliphatic rings. The highest BCUT2D eigenvalue weighted by molar-refractivity contribution is 7.13. The van der Waals surface area contributed by atoms with Crippen molar-refractivity contribution >= 4 is 70.0 Å². The minimum atomic E-state index is -4.42. The number of amides is 5. The van der Waals surface area contributed by atoms with Crippen LogP contribution in [0.3, 0.4) is 0 Å². The Morgan fingerprint density at radius 2 is 0.641 bits per heavy atom. The van der Waals surface area contributed by atoms with Gasteiger partial charge in [-0.15, -0.1) is 11.3 Å². The third-order valence-electron chi connectivity index (χ3n) is 19.8. The van der Waals surface area contributed by atoms with Crippen LogP contribution in [-0.2, 0) is 13.2 Å². The lowest BCUT2D eigenvalue weighted by atomic mass is 10.1. The summed E-state index contributed by atoms with van der Waals surface area (Å²) in [6.07, 6.45) is -2.83. The summed E-state index contributed by atoms with van der Waals surface area (Å²) in [4.78, 5) is 67.8. The average Bonchev–Trinajstić information content (AvgIpc) is 2.05. The number of carbonyl (C=O) groups excluding carboxylic acids is 5. The number of hydrogen-bond acceptors (Lipinski definition) is 13. The number of nitrogens with zero attached hydrogens (tertiary/aromatic N) is 11. The number of nitrogens with one attached hydrogen (secondary N) is 5. The highest BCUT2D eigenvalue weighted by atomic mass is 32.1. The van der Waals surface area contributed by atoms with Crippen molar-refractivity contribution in [1.29, 1.82) is 0 Å². The Balaban J connectivity index is 0.000000125. The minimum Gasteiger partial charge on any atom is -0.496 e. The molecule has 19 rings (SSSR count). The first kappa shape index (κ1) is 88.3. The highest BCUT2D eigenvalue weighted by Crippen LogP contribution is 2.34. The van der Waals surface area contributed by atoms with Crippen molar-refractivity contribution in [1.82, 2.24) is 53.9 Å². The monoisotopic (exact) mass is 1760 g/mol. The summed E-state index contributed by atoms with van der Waals surface area (Å²) in [5.74, 6) is 1.42. The number of rotatable bonds is 20. The molecule has 0 bridgehead atoms. The molecule has 22 nitrogen and oxygen atoms in total. The number of ether oxygens (including phenoxy) is 1. The molecule has 7 aromatic heterocycles. The standard InChI is InChI=1S/C23H19N3O2.C22H16FN3O.C22H17N3O.C21H16N4O.C16H12F3N3OS/c1-28-21-15-9-8-14-19(21)23(27)24-22-16-20(17-10-4-2-5-11-17)25-26(22)18-12-6-3-7-13-18;23-18-13-11-17(12-14-18)22(27)24-21-15-20(16-7-3-1-4-8-16)25-26(21)19-9-5-2-6-10-19;26-22(18-12-6-2-7-13-18)23-21-16-20(17-10-4-1-5-11-17)24-25(21)19-14-8-3-9-15-19;26-21(18-13-7-8-14-22-18)23-20-15-19(16-9-3-1-4-10-16)24-25(20)17-11-5-2-6-12-17;1-22-14(9-12(21-22)13-3-2-8-24-13)20-15(23)10-4-6-11(7-5-10)16(17,18)19/h2-16H,1H3,(H,24,27);1-15H,(H,24,27);1-16H,(H,23,26);1-15H,(H,23,26);2-9H,1H3,(H,20,23). The van der Waals surface area contributed by atoms with Gasteiger partial charge in [0, 0.05) is 82.5 Å². The van der Waals surface area contributed by atoms with Crippen LogP contribution in [0.25, 0.3) is 78.4 Å². The molecule has 0 radical (unpaired) electrons. The van der Waals surface area contributed by atoms with Gasteiger partial charge in [0.05, 0.1) is 68.6 Å². The van der Waals surface area contributed by atoms with E-state index in [9.17, 15) is 41.5 Å². The average molecular weight is 1760 g/mol. The van der Waals surface area contributed by atoms with E-state index < -0.39 is 17.6 Å². The summed E-state index contributed by atoms with van der Waals surface area (Å²) in [5, 5.41) is 39.4. The zero-order valence-electron chi connectivity index (χ0n) is 70.1. The molecule has 646 valence electrons. The van der Waals surface area contributed by atoms with E-state index in [4.69, 9.17) is 14.9 Å². The SMILES string of the molecule is COc1ccccc1C(=O)Nc1cc(-c2ccccc2)nn1-c1ccccc1.Cn1nc(-c2cccs2)cc1NC(=O)c1ccc(C(F)(F)F)cc1.O=C(Nc1cc(-c2ccccc2)nn1-c1ccccc1)c1ccc(F)cc1.O=C(Nc1cc(-c2ccccc2)nn1-c1ccccc1)c1ccccc1.O=C(Nc1cc(-c2ccccc2)nn1-c1ccccc1)c1ccccn1. The van der Waals surface area contributed by atoms with E-state index >= 15 is 0 Å². The number of pyridine rings is 1. The third kappa shape index (κ3) is 22.9. The molecule has 5 amide bonds. The molecule has 0 aliphatic heterocycles. The molecule has 19 aromatic rings. The number of methoxy groups -OCH3 is 1. The zero-order chi connectivity index (χ0) is 90.8. The van der Waals surface area contributed by atoms with Crippen LogP contribution >= 0.6 is 11.3 Å². The van der Waals surface area contributed by atoms with Crippen molar-refractivity contribution in [3.05, 3.63) is 457 Å². The van der Waals surface area contributed by atoms with Gasteiger partial charge < -0.3 is 31.3 Å². The number of aromatic nitrogens is 11. The Kier molecular flexibility index (Phi) is 28.6. The van der Waals surface area contributed by atoms with E-state index in [0.717, 1.165) is 103 Å². The second-order valence-electron chi connectivity index (χ2n) is 28.8. The number of benzene rings is 12. The second kappa shape index (κ2) is 42.4. The van der Waals surface area contributed by atoms with Crippen LogP contribution in [0.2, 0.25) is 0 Å². The van der Waals surface area contributed by atoms with E-state index in [1.165, 1.54) is 40.3 Å². The quantitative estimate of drug-likeness (QED) is 0.0447. The van der Waals surface area contributed by atoms with Crippen molar-refractivity contribution < 1.29 is 46.3 Å². The van der Waals surface area contributed by atoms with E-state index in [-0.39, 0.29) is 35.0 Å². The molecule has 7 heterocycles. The summed E-state index contributed by atoms with van der Waals surface area (Å²) in [6, 6.07) is 122. The molecule has 0 saturated carbocycles. The lowest BCUT2D eigenvalue weighted by Gasteiger charge is -2.11. The molecule has 0 saturated heterocycles. The maximum absolute atomic E-state index is 13.1. The fourth-order valence-corrected chi connectivity index (χ4v) is 14.0. The van der Waals surface area contributed by atoms with Gasteiger partial charge in [0.2, 0.25) is 0 Å². The van der Waals surface area contributed by atoms with Crippen molar-refractivity contribution in [2.75, 3.05) is 33.7 Å². The predicted molar refractivity (Wildman–Crippen MR) is 504 cm³/mol. The number of halogens is 4. The Bertz CT molecular complexity index is 6810. The van der Waals surface area contributed by atoms with E-state index in [2.05, 4.69) is 46.9 Å². The third-order valence-corrected chi connectivity index (χ3v) is 20.7. The fourth-order valence-electron chi connectivity index (χ4n) is 13.3. The molecule has 0 spiro atoms. The first-order chi connectivity index (χ1) is 63.9. The maximum atomic E-state index is 13.1. The number of thiophene rings is 1. The number of anilines is 5. The lowest BCUT2D eigenvalue weighted by molar-refractivity contribution is -0.137. The predicted octanol–water partition coefficient (Wildman–Crippen LogP) is 23.1. The van der Waals surface area contributed by atoms with Crippen LogP contribution < -0.4 is 31.3 Å². The Labute approximate surface area is 754 Å². The number of alkyl halides is 3. The summed E-state index contributed by atoms with van der Waals surface area (Å²) >= 11 is 1.52. The van der Waals surface area contributed by atoms with Crippen LogP contribution in [0.4, 0.5) is 46.7 Å². The second-order valence-corrected chi connectivity index (χ2v) is 29.7. The molecule has 0 fully saturated rings. The smallest absolute Gasteiger partial charge is 0.416 e. The molecule has 12 aromatic carbocycles. The van der Waals surface area contributed by atoms with Crippen LogP contribution in [-0.4, -0.2) is 90.5 Å². The summed E-state index contributed by atoms with van der Waals surface area (Å²) in [5.41, 5.74) is 12.3. The molecule has 5 N–H and O–H groups in total. The van der Waals surface area contributed by atoms with Crippen LogP contribution in [0.1, 0.15) is 57.5 Å². The van der Waals surface area contributed by atoms with Crippen molar-refractivity contribution in [2.45, 2.75) is 6.18 Å². The Hall–Kier alpha value is -17.6. The number of aryl methyl sites for hydroxylation is 1. The Morgan fingerprint density at radius 3 is 1.00 bits per heavy atom. The van der Waals surface area contributed by atoms with Gasteiger partial charge in [-0.1, -0.05) is 237 Å². The van der Waals surface area contributed by atoms with Crippen LogP contribution in [0, 0.1) is 5.82 Å². The van der Waals surface area contributed by atoms with E-state index in [0.29, 0.717) is 57.2 Å². The molecule has 0 aliphatic carbocycles. The largest absolute Gasteiger partial charge is 0.496 e. The highest BCUT2D eigenvalue weighted by Gasteiger charge is 2.31.